The van der Waals surface area contributed by atoms with Crippen LogP contribution >= 0.6 is 27.5 Å². The molecule has 2 aromatic carbocycles. The van der Waals surface area contributed by atoms with Crippen LogP contribution in [0.5, 0.6) is 0 Å². The number of hydrogen-bond acceptors (Lipinski definition) is 3. The van der Waals surface area contributed by atoms with Gasteiger partial charge < -0.3 is 5.73 Å². The number of hydrogen-bond donors (Lipinski definition) is 1. The Hall–Kier alpha value is -1.85. The number of anilines is 2. The van der Waals surface area contributed by atoms with Crippen molar-refractivity contribution >= 4 is 50.7 Å². The van der Waals surface area contributed by atoms with E-state index in [1.807, 2.05) is 0 Å². The fourth-order valence-electron chi connectivity index (χ4n) is 2.12. The predicted octanol–water partition coefficient (Wildman–Crippen LogP) is 3.49. The summed E-state index contributed by atoms with van der Waals surface area (Å²) in [6.07, 6.45) is 0. The quantitative estimate of drug-likeness (QED) is 0.632. The Morgan fingerprint density at radius 1 is 1.00 bits per heavy atom. The van der Waals surface area contributed by atoms with Gasteiger partial charge in [0.05, 0.1) is 21.8 Å². The fraction of sp³-hybridized carbons (Fsp3) is 0. The molecule has 0 spiro atoms. The van der Waals surface area contributed by atoms with Crippen LogP contribution in [0.4, 0.5) is 11.4 Å². The fourth-order valence-corrected chi connectivity index (χ4v) is 2.54. The predicted molar refractivity (Wildman–Crippen MR) is 81.1 cm³/mol. The number of fused-ring (bicyclic) bond motifs is 1. The van der Waals surface area contributed by atoms with Crippen molar-refractivity contribution in [1.29, 1.82) is 0 Å². The number of halogens is 2. The molecule has 1 heterocycles. The monoisotopic (exact) mass is 350 g/mol. The van der Waals surface area contributed by atoms with E-state index in [2.05, 4.69) is 15.9 Å². The highest BCUT2D eigenvalue weighted by Gasteiger charge is 2.36. The summed E-state index contributed by atoms with van der Waals surface area (Å²) in [5.74, 6) is -0.765. The van der Waals surface area contributed by atoms with Crippen molar-refractivity contribution in [2.24, 2.45) is 0 Å². The molecule has 0 aromatic heterocycles. The van der Waals surface area contributed by atoms with Gasteiger partial charge in [-0.3, -0.25) is 9.59 Å². The second-order valence-corrected chi connectivity index (χ2v) is 5.61. The van der Waals surface area contributed by atoms with Crippen molar-refractivity contribution < 1.29 is 9.59 Å². The van der Waals surface area contributed by atoms with Crippen LogP contribution < -0.4 is 10.6 Å². The van der Waals surface area contributed by atoms with Crippen LogP contribution in [0.3, 0.4) is 0 Å². The van der Waals surface area contributed by atoms with Gasteiger partial charge in [-0.15, -0.1) is 0 Å². The third kappa shape index (κ3) is 1.90. The first-order valence-corrected chi connectivity index (χ1v) is 6.89. The van der Waals surface area contributed by atoms with E-state index in [1.165, 1.54) is 6.07 Å². The average Bonchev–Trinajstić information content (AvgIpc) is 2.65. The van der Waals surface area contributed by atoms with E-state index >= 15 is 0 Å². The van der Waals surface area contributed by atoms with Gasteiger partial charge in [0.1, 0.15) is 0 Å². The standard InChI is InChI=1S/C14H8BrClN2O2/c15-11-4-2-8(6-12(11)16)18-13(19)9-3-1-7(17)5-10(9)14(18)20/h1-6H,17H2. The van der Waals surface area contributed by atoms with Gasteiger partial charge in [-0.2, -0.15) is 0 Å². The summed E-state index contributed by atoms with van der Waals surface area (Å²) in [4.78, 5) is 25.8. The third-order valence-corrected chi connectivity index (χ3v) is 4.30. The Kier molecular flexibility index (Phi) is 3.03. The van der Waals surface area contributed by atoms with Crippen LogP contribution in [0.25, 0.3) is 0 Å². The Bertz CT molecular complexity index is 761. The maximum absolute atomic E-state index is 12.4. The van der Waals surface area contributed by atoms with Crippen LogP contribution in [0.2, 0.25) is 5.02 Å². The normalized spacial score (nSPS) is 13.8. The van der Waals surface area contributed by atoms with E-state index in [0.717, 1.165) is 4.90 Å². The smallest absolute Gasteiger partial charge is 0.266 e. The number of carbonyl (C=O) groups is 2. The van der Waals surface area contributed by atoms with E-state index < -0.39 is 5.91 Å². The summed E-state index contributed by atoms with van der Waals surface area (Å²) in [6.45, 7) is 0. The summed E-state index contributed by atoms with van der Waals surface area (Å²) in [7, 11) is 0. The van der Waals surface area contributed by atoms with Crippen LogP contribution in [-0.2, 0) is 0 Å². The Morgan fingerprint density at radius 2 is 1.70 bits per heavy atom. The van der Waals surface area contributed by atoms with Crippen molar-refractivity contribution in [3.05, 3.63) is 57.0 Å². The number of benzene rings is 2. The van der Waals surface area contributed by atoms with Crippen molar-refractivity contribution in [1.82, 2.24) is 0 Å². The maximum atomic E-state index is 12.4. The summed E-state index contributed by atoms with van der Waals surface area (Å²) >= 11 is 9.28. The molecular weight excluding hydrogens is 344 g/mol. The molecule has 1 aliphatic heterocycles. The SMILES string of the molecule is Nc1ccc2c(c1)C(=O)N(c1ccc(Br)c(Cl)c1)C2=O. The van der Waals surface area contributed by atoms with E-state index in [9.17, 15) is 9.59 Å². The Balaban J connectivity index is 2.11. The first-order valence-electron chi connectivity index (χ1n) is 5.72. The lowest BCUT2D eigenvalue weighted by Gasteiger charge is -2.14. The summed E-state index contributed by atoms with van der Waals surface area (Å²) in [6, 6.07) is 9.58. The molecular formula is C14H8BrClN2O2. The molecule has 20 heavy (non-hydrogen) atoms. The highest BCUT2D eigenvalue weighted by molar-refractivity contribution is 9.10. The lowest BCUT2D eigenvalue weighted by atomic mass is 10.1. The molecule has 0 saturated carbocycles. The summed E-state index contributed by atoms with van der Waals surface area (Å²) in [5, 5.41) is 0.429. The van der Waals surface area contributed by atoms with Crippen LogP contribution in [0, 0.1) is 0 Å². The van der Waals surface area contributed by atoms with Crippen molar-refractivity contribution in [3.8, 4) is 0 Å². The number of carbonyl (C=O) groups excluding carboxylic acids is 2. The van der Waals surface area contributed by atoms with Crippen LogP contribution in [-0.4, -0.2) is 11.8 Å². The van der Waals surface area contributed by atoms with E-state index in [4.69, 9.17) is 17.3 Å². The minimum absolute atomic E-state index is 0.314. The summed E-state index contributed by atoms with van der Waals surface area (Å²) < 4.78 is 0.698. The maximum Gasteiger partial charge on any atom is 0.266 e. The van der Waals surface area contributed by atoms with Gasteiger partial charge in [-0.25, -0.2) is 4.90 Å². The zero-order chi connectivity index (χ0) is 14.4. The molecule has 4 nitrogen and oxygen atoms in total. The molecule has 0 fully saturated rings. The molecule has 2 amide bonds. The number of rotatable bonds is 1. The number of amides is 2. The molecule has 1 aliphatic rings. The van der Waals surface area contributed by atoms with E-state index in [1.54, 1.807) is 30.3 Å². The average molecular weight is 352 g/mol. The lowest BCUT2D eigenvalue weighted by molar-refractivity contribution is 0.0926. The number of nitrogen functional groups attached to an aromatic ring is 1. The van der Waals surface area contributed by atoms with Gasteiger partial charge in [0.15, 0.2) is 0 Å². The highest BCUT2D eigenvalue weighted by atomic mass is 79.9. The number of imide groups is 1. The highest BCUT2D eigenvalue weighted by Crippen LogP contribution is 2.33. The van der Waals surface area contributed by atoms with Gasteiger partial charge in [-0.05, 0) is 52.3 Å². The molecule has 0 unspecified atom stereocenters. The van der Waals surface area contributed by atoms with Crippen LogP contribution in [0.1, 0.15) is 20.7 Å². The Morgan fingerprint density at radius 3 is 2.40 bits per heavy atom. The number of nitrogens with zero attached hydrogens (tertiary/aromatic N) is 1. The molecule has 100 valence electrons. The molecule has 0 atom stereocenters. The first kappa shape index (κ1) is 13.1. The molecule has 0 aliphatic carbocycles. The van der Waals surface area contributed by atoms with Gasteiger partial charge in [0.2, 0.25) is 0 Å². The van der Waals surface area contributed by atoms with Crippen molar-refractivity contribution in [2.75, 3.05) is 10.6 Å². The molecule has 0 saturated heterocycles. The van der Waals surface area contributed by atoms with E-state index in [0.29, 0.717) is 32.0 Å². The molecule has 2 aromatic rings. The van der Waals surface area contributed by atoms with Gasteiger partial charge in [-0.1, -0.05) is 11.6 Å². The molecule has 0 radical (unpaired) electrons. The third-order valence-electron chi connectivity index (χ3n) is 3.07. The topological polar surface area (TPSA) is 63.4 Å². The Labute approximate surface area is 128 Å². The zero-order valence-electron chi connectivity index (χ0n) is 10.1. The van der Waals surface area contributed by atoms with Crippen LogP contribution in [0.15, 0.2) is 40.9 Å². The molecule has 6 heteroatoms. The first-order chi connectivity index (χ1) is 9.49. The second-order valence-electron chi connectivity index (χ2n) is 4.35. The minimum Gasteiger partial charge on any atom is -0.399 e. The van der Waals surface area contributed by atoms with Crippen molar-refractivity contribution in [3.63, 3.8) is 0 Å². The molecule has 0 bridgehead atoms. The number of nitrogens with two attached hydrogens (primary N) is 1. The van der Waals surface area contributed by atoms with Crippen molar-refractivity contribution in [2.45, 2.75) is 0 Å². The second kappa shape index (κ2) is 4.61. The largest absolute Gasteiger partial charge is 0.399 e. The molecule has 3 rings (SSSR count). The van der Waals surface area contributed by atoms with Gasteiger partial charge in [0, 0.05) is 10.2 Å². The lowest BCUT2D eigenvalue weighted by Crippen LogP contribution is -2.29. The summed E-state index contributed by atoms with van der Waals surface area (Å²) in [5.41, 5.74) is 7.20. The van der Waals surface area contributed by atoms with E-state index in [-0.39, 0.29) is 5.91 Å². The van der Waals surface area contributed by atoms with Gasteiger partial charge in [0.25, 0.3) is 11.8 Å². The van der Waals surface area contributed by atoms with Gasteiger partial charge >= 0.3 is 0 Å². The minimum atomic E-state index is -0.393. The molecule has 2 N–H and O–H groups in total. The zero-order valence-corrected chi connectivity index (χ0v) is 12.4.